The van der Waals surface area contributed by atoms with Crippen molar-refractivity contribution in [3.8, 4) is 0 Å². The summed E-state index contributed by atoms with van der Waals surface area (Å²) in [6, 6.07) is 2.62. The molecule has 2 aromatic rings. The van der Waals surface area contributed by atoms with Crippen LogP contribution in [0.15, 0.2) is 46.2 Å². The van der Waals surface area contributed by atoms with Crippen molar-refractivity contribution in [2.24, 2.45) is 10.6 Å². The minimum atomic E-state index is -1.02. The molecule has 0 saturated carbocycles. The van der Waals surface area contributed by atoms with E-state index in [9.17, 15) is 24.4 Å². The molecular weight excluding hydrogens is 572 g/mol. The second-order valence-electron chi connectivity index (χ2n) is 10.00. The van der Waals surface area contributed by atoms with E-state index in [1.165, 1.54) is 22.0 Å². The first-order valence-electron chi connectivity index (χ1n) is 12.3. The fourth-order valence-electron chi connectivity index (χ4n) is 3.86. The highest BCUT2D eigenvalue weighted by molar-refractivity contribution is 8.00. The molecule has 4 N–H and O–H groups in total. The maximum Gasteiger partial charge on any atom is 0.358 e. The van der Waals surface area contributed by atoms with Crippen molar-refractivity contribution < 1.29 is 33.9 Å². The molecule has 4 rings (SSSR count). The molecule has 2 amide bonds. The standard InChI is InChI=1S/C26H28N6O7S2/c1-13-14(6-5-9-28-13)7-8-15-10-40-22-18(30-20(33)17(31-37)16-11-41-25(27)29-16)21(34)32(22)19(15)23(35)38-12-39-24(36)26(2,3)4/h5-9,11,18,22,37H,10,12H2,1-4H3,(H2,27,29)(H,30,33)/b8-7-,31-17?/t18-,22-/m1/s1. The van der Waals surface area contributed by atoms with Crippen molar-refractivity contribution in [1.82, 2.24) is 20.2 Å². The number of rotatable bonds is 8. The number of pyridine rings is 1. The summed E-state index contributed by atoms with van der Waals surface area (Å²) in [7, 11) is 0. The highest BCUT2D eigenvalue weighted by Crippen LogP contribution is 2.41. The smallest absolute Gasteiger partial charge is 0.358 e. The second-order valence-corrected chi connectivity index (χ2v) is 12.0. The maximum atomic E-state index is 13.3. The van der Waals surface area contributed by atoms with Gasteiger partial charge in [-0.15, -0.1) is 23.1 Å². The number of hydrogen-bond donors (Lipinski definition) is 3. The number of allylic oxidation sites excluding steroid dienone is 1. The summed E-state index contributed by atoms with van der Waals surface area (Å²) in [5.74, 6) is -2.54. The van der Waals surface area contributed by atoms with E-state index in [-0.39, 0.29) is 16.5 Å². The molecule has 2 aliphatic rings. The number of esters is 2. The van der Waals surface area contributed by atoms with Crippen molar-refractivity contribution in [1.29, 1.82) is 0 Å². The summed E-state index contributed by atoms with van der Waals surface area (Å²) in [5, 5.41) is 15.9. The molecule has 4 heterocycles. The highest BCUT2D eigenvalue weighted by atomic mass is 32.2. The Morgan fingerprint density at radius 2 is 2.05 bits per heavy atom. The Labute approximate surface area is 243 Å². The van der Waals surface area contributed by atoms with Crippen LogP contribution in [0.4, 0.5) is 5.13 Å². The molecule has 1 saturated heterocycles. The first-order chi connectivity index (χ1) is 19.4. The van der Waals surface area contributed by atoms with Gasteiger partial charge in [0.1, 0.15) is 22.8 Å². The van der Waals surface area contributed by atoms with Crippen LogP contribution in [0.1, 0.15) is 37.7 Å². The van der Waals surface area contributed by atoms with Gasteiger partial charge in [0.25, 0.3) is 11.8 Å². The average molecular weight is 601 g/mol. The molecule has 1 fully saturated rings. The summed E-state index contributed by atoms with van der Waals surface area (Å²) in [5.41, 5.74) is 6.51. The van der Waals surface area contributed by atoms with Crippen LogP contribution >= 0.6 is 23.1 Å². The minimum absolute atomic E-state index is 0.0304. The van der Waals surface area contributed by atoms with Crippen molar-refractivity contribution in [2.45, 2.75) is 39.1 Å². The molecule has 15 heteroatoms. The Morgan fingerprint density at radius 1 is 1.29 bits per heavy atom. The van der Waals surface area contributed by atoms with Crippen molar-refractivity contribution in [3.63, 3.8) is 0 Å². The zero-order valence-electron chi connectivity index (χ0n) is 22.6. The number of aromatic nitrogens is 2. The van der Waals surface area contributed by atoms with E-state index >= 15 is 0 Å². The molecule has 0 aliphatic carbocycles. The predicted octanol–water partition coefficient (Wildman–Crippen LogP) is 2.06. The number of oxime groups is 1. The number of thiazole rings is 1. The summed E-state index contributed by atoms with van der Waals surface area (Å²) in [6.45, 7) is 6.19. The topological polar surface area (TPSA) is 186 Å². The van der Waals surface area contributed by atoms with E-state index < -0.39 is 53.1 Å². The molecule has 2 atom stereocenters. The largest absolute Gasteiger partial charge is 0.427 e. The zero-order valence-corrected chi connectivity index (χ0v) is 24.2. The van der Waals surface area contributed by atoms with Crippen LogP contribution in [0, 0.1) is 12.3 Å². The van der Waals surface area contributed by atoms with Gasteiger partial charge in [-0.2, -0.15) is 0 Å². The van der Waals surface area contributed by atoms with E-state index in [2.05, 4.69) is 20.4 Å². The summed E-state index contributed by atoms with van der Waals surface area (Å²) >= 11 is 2.38. The van der Waals surface area contributed by atoms with E-state index in [1.54, 1.807) is 45.2 Å². The lowest BCUT2D eigenvalue weighted by Crippen LogP contribution is -2.71. The monoisotopic (exact) mass is 600 g/mol. The van der Waals surface area contributed by atoms with Crippen molar-refractivity contribution in [2.75, 3.05) is 18.3 Å². The third kappa shape index (κ3) is 6.41. The number of carbonyl (C=O) groups is 4. The molecule has 0 bridgehead atoms. The molecule has 41 heavy (non-hydrogen) atoms. The molecule has 2 aliphatic heterocycles. The van der Waals surface area contributed by atoms with E-state index in [1.807, 2.05) is 13.0 Å². The van der Waals surface area contributed by atoms with Crippen LogP contribution < -0.4 is 11.1 Å². The molecule has 216 valence electrons. The molecule has 13 nitrogen and oxygen atoms in total. The van der Waals surface area contributed by atoms with Gasteiger partial charge >= 0.3 is 11.9 Å². The fraction of sp³-hybridized carbons (Fsp3) is 0.346. The SMILES string of the molecule is Cc1ncccc1/C=C\C1=C(C(=O)OCOC(=O)C(C)(C)C)N2C(=O)[C@@H](NC(=O)C(=NO)c3csc(N)n3)[C@H]2SC1. The van der Waals surface area contributed by atoms with Crippen LogP contribution in [0.5, 0.6) is 0 Å². The third-order valence-corrected chi connectivity index (χ3v) is 8.04. The second kappa shape index (κ2) is 12.1. The van der Waals surface area contributed by atoms with Crippen LogP contribution in [0.2, 0.25) is 0 Å². The number of anilines is 1. The van der Waals surface area contributed by atoms with Gasteiger partial charge in [0.15, 0.2) is 10.8 Å². The number of nitrogens with zero attached hydrogens (tertiary/aromatic N) is 4. The Morgan fingerprint density at radius 3 is 2.68 bits per heavy atom. The van der Waals surface area contributed by atoms with Crippen LogP contribution in [-0.4, -0.2) is 73.5 Å². The first kappa shape index (κ1) is 29.7. The molecule has 0 unspecified atom stereocenters. The number of ether oxygens (including phenoxy) is 2. The lowest BCUT2D eigenvalue weighted by molar-refractivity contribution is -0.173. The summed E-state index contributed by atoms with van der Waals surface area (Å²) < 4.78 is 10.3. The van der Waals surface area contributed by atoms with E-state index in [4.69, 9.17) is 15.2 Å². The molecule has 0 aromatic carbocycles. The van der Waals surface area contributed by atoms with E-state index in [0.717, 1.165) is 22.6 Å². The van der Waals surface area contributed by atoms with Gasteiger partial charge in [0, 0.05) is 23.0 Å². The number of amides is 2. The number of hydrogen-bond acceptors (Lipinski definition) is 13. The number of nitrogen functional groups attached to an aromatic ring is 1. The number of carbonyl (C=O) groups excluding carboxylic acids is 4. The maximum absolute atomic E-state index is 13.3. The van der Waals surface area contributed by atoms with Gasteiger partial charge in [-0.05, 0) is 44.9 Å². The summed E-state index contributed by atoms with van der Waals surface area (Å²) in [6.07, 6.45) is 5.14. The van der Waals surface area contributed by atoms with Gasteiger partial charge in [0.05, 0.1) is 5.41 Å². The van der Waals surface area contributed by atoms with E-state index in [0.29, 0.717) is 11.3 Å². The van der Waals surface area contributed by atoms with Crippen LogP contribution in [-0.2, 0) is 28.7 Å². The number of aryl methyl sites for hydroxylation is 1. The number of nitrogens with two attached hydrogens (primary N) is 1. The van der Waals surface area contributed by atoms with Gasteiger partial charge < -0.3 is 25.7 Å². The molecule has 0 radical (unpaired) electrons. The number of thioether (sulfide) groups is 1. The lowest BCUT2D eigenvalue weighted by Gasteiger charge is -2.49. The predicted molar refractivity (Wildman–Crippen MR) is 151 cm³/mol. The van der Waals surface area contributed by atoms with Crippen LogP contribution in [0.25, 0.3) is 6.08 Å². The summed E-state index contributed by atoms with van der Waals surface area (Å²) in [4.78, 5) is 60.9. The van der Waals surface area contributed by atoms with Gasteiger partial charge in [-0.1, -0.05) is 23.4 Å². The molecule has 0 spiro atoms. The highest BCUT2D eigenvalue weighted by Gasteiger charge is 2.54. The molecular formula is C26H28N6O7S2. The normalized spacial score (nSPS) is 19.1. The van der Waals surface area contributed by atoms with Gasteiger partial charge in [-0.25, -0.2) is 9.78 Å². The van der Waals surface area contributed by atoms with Crippen molar-refractivity contribution >= 4 is 63.8 Å². The average Bonchev–Trinajstić information content (AvgIpc) is 3.35. The van der Waals surface area contributed by atoms with Crippen molar-refractivity contribution in [3.05, 3.63) is 58.0 Å². The molecule has 2 aromatic heterocycles. The Kier molecular flexibility index (Phi) is 8.77. The zero-order chi connectivity index (χ0) is 29.9. The van der Waals surface area contributed by atoms with Gasteiger partial charge in [0.2, 0.25) is 6.79 Å². The first-order valence-corrected chi connectivity index (χ1v) is 14.2. The number of nitrogens with one attached hydrogen (secondary N) is 1. The Balaban J connectivity index is 1.56. The number of fused-ring (bicyclic) bond motifs is 1. The third-order valence-electron chi connectivity index (χ3n) is 6.06. The van der Waals surface area contributed by atoms with Crippen LogP contribution in [0.3, 0.4) is 0 Å². The van der Waals surface area contributed by atoms with Gasteiger partial charge in [-0.3, -0.25) is 24.3 Å². The Bertz CT molecular complexity index is 1480. The fourth-order valence-corrected chi connectivity index (χ4v) is 5.73. The Hall–Kier alpha value is -4.24. The minimum Gasteiger partial charge on any atom is -0.427 e. The number of β-lactam (4-membered cyclic amide) rings is 1. The lowest BCUT2D eigenvalue weighted by atomic mass is 9.98. The quantitative estimate of drug-likeness (QED) is 0.101.